The van der Waals surface area contributed by atoms with E-state index in [9.17, 15) is 8.42 Å². The van der Waals surface area contributed by atoms with Gasteiger partial charge in [0.05, 0.1) is 17.1 Å². The molecule has 1 aliphatic rings. The average molecular weight is 296 g/mol. The Hall–Kier alpha value is -2.06. The summed E-state index contributed by atoms with van der Waals surface area (Å²) in [7, 11) is -3.64. The first-order chi connectivity index (χ1) is 9.54. The van der Waals surface area contributed by atoms with Crippen LogP contribution in [0.25, 0.3) is 0 Å². The second-order valence-corrected chi connectivity index (χ2v) is 5.96. The molecule has 2 aromatic rings. The first-order valence-corrected chi connectivity index (χ1v) is 7.33. The van der Waals surface area contributed by atoms with Crippen LogP contribution in [0.1, 0.15) is 11.6 Å². The molecule has 1 aromatic carbocycles. The van der Waals surface area contributed by atoms with Crippen molar-refractivity contribution in [1.82, 2.24) is 9.71 Å². The van der Waals surface area contributed by atoms with Gasteiger partial charge in [-0.1, -0.05) is 0 Å². The van der Waals surface area contributed by atoms with Crippen molar-refractivity contribution in [1.29, 1.82) is 0 Å². The summed E-state index contributed by atoms with van der Waals surface area (Å²) < 4.78 is 42.1. The lowest BCUT2D eigenvalue weighted by molar-refractivity contribution is 0.174. The smallest absolute Gasteiger partial charge is 0.241 e. The third-order valence-electron chi connectivity index (χ3n) is 2.76. The molecular formula is C12H12N2O5S. The molecule has 1 N–H and O–H groups in total. The third kappa shape index (κ3) is 2.47. The first kappa shape index (κ1) is 12.9. The van der Waals surface area contributed by atoms with Gasteiger partial charge in [0.1, 0.15) is 6.26 Å². The molecule has 7 nitrogen and oxygen atoms in total. The maximum Gasteiger partial charge on any atom is 0.241 e. The summed E-state index contributed by atoms with van der Waals surface area (Å²) in [5.74, 6) is 1.45. The molecule has 0 saturated heterocycles. The monoisotopic (exact) mass is 296 g/mol. The zero-order valence-corrected chi connectivity index (χ0v) is 11.4. The lowest BCUT2D eigenvalue weighted by Gasteiger charge is -2.06. The van der Waals surface area contributed by atoms with Crippen molar-refractivity contribution in [2.24, 2.45) is 0 Å². The van der Waals surface area contributed by atoms with Crippen molar-refractivity contribution < 1.29 is 22.3 Å². The molecule has 0 radical (unpaired) electrons. The molecular weight excluding hydrogens is 284 g/mol. The molecule has 0 fully saturated rings. The quantitative estimate of drug-likeness (QED) is 0.911. The number of hydrogen-bond acceptors (Lipinski definition) is 6. The number of benzene rings is 1. The fourth-order valence-corrected chi connectivity index (χ4v) is 2.80. The van der Waals surface area contributed by atoms with E-state index in [1.807, 2.05) is 0 Å². The molecule has 0 amide bonds. The topological polar surface area (TPSA) is 90.7 Å². The Kier molecular flexibility index (Phi) is 3.11. The summed E-state index contributed by atoms with van der Waals surface area (Å²) in [6.45, 7) is 1.86. The van der Waals surface area contributed by atoms with E-state index in [1.54, 1.807) is 13.0 Å². The molecule has 2 heterocycles. The molecule has 20 heavy (non-hydrogen) atoms. The standard InChI is InChI=1S/C12H12N2O5S/c1-8-14-9(6-17-8)5-13-20(15,16)10-2-3-11-12(4-10)19-7-18-11/h2-4,6,13H,5,7H2,1H3. The van der Waals surface area contributed by atoms with Gasteiger partial charge in [0.25, 0.3) is 0 Å². The highest BCUT2D eigenvalue weighted by atomic mass is 32.2. The molecule has 1 aromatic heterocycles. The minimum absolute atomic E-state index is 0.0636. The van der Waals surface area contributed by atoms with Crippen molar-refractivity contribution in [3.05, 3.63) is 36.0 Å². The number of aromatic nitrogens is 1. The van der Waals surface area contributed by atoms with E-state index < -0.39 is 10.0 Å². The van der Waals surface area contributed by atoms with Crippen molar-refractivity contribution >= 4 is 10.0 Å². The molecule has 0 bridgehead atoms. The van der Waals surface area contributed by atoms with Crippen LogP contribution >= 0.6 is 0 Å². The lowest BCUT2D eigenvalue weighted by Crippen LogP contribution is -2.23. The van der Waals surface area contributed by atoms with Gasteiger partial charge in [-0.05, 0) is 12.1 Å². The summed E-state index contributed by atoms with van der Waals surface area (Å²) in [5, 5.41) is 0. The summed E-state index contributed by atoms with van der Waals surface area (Å²) in [6, 6.07) is 4.46. The molecule has 0 saturated carbocycles. The predicted octanol–water partition coefficient (Wildman–Crippen LogP) is 1.19. The maximum atomic E-state index is 12.1. The van der Waals surface area contributed by atoms with Crippen LogP contribution in [0.2, 0.25) is 0 Å². The van der Waals surface area contributed by atoms with Gasteiger partial charge in [0.2, 0.25) is 16.8 Å². The number of hydrogen-bond donors (Lipinski definition) is 1. The van der Waals surface area contributed by atoms with Crippen LogP contribution < -0.4 is 14.2 Å². The SMILES string of the molecule is Cc1nc(CNS(=O)(=O)c2ccc3c(c2)OCO3)co1. The summed E-state index contributed by atoms with van der Waals surface area (Å²) in [4.78, 5) is 4.14. The van der Waals surface area contributed by atoms with Gasteiger partial charge in [-0.25, -0.2) is 18.1 Å². The second kappa shape index (κ2) is 4.80. The number of oxazole rings is 1. The number of nitrogens with one attached hydrogen (secondary N) is 1. The lowest BCUT2D eigenvalue weighted by atomic mass is 10.3. The Morgan fingerprint density at radius 3 is 2.85 bits per heavy atom. The van der Waals surface area contributed by atoms with Crippen LogP contribution in [0.3, 0.4) is 0 Å². The van der Waals surface area contributed by atoms with Crippen molar-refractivity contribution in [2.45, 2.75) is 18.4 Å². The predicted molar refractivity (Wildman–Crippen MR) is 67.8 cm³/mol. The Bertz CT molecular complexity index is 738. The van der Waals surface area contributed by atoms with Crippen LogP contribution in [-0.4, -0.2) is 20.2 Å². The molecule has 106 valence electrons. The van der Waals surface area contributed by atoms with Crippen LogP contribution in [-0.2, 0) is 16.6 Å². The van der Waals surface area contributed by atoms with Gasteiger partial charge in [-0.3, -0.25) is 0 Å². The van der Waals surface area contributed by atoms with Gasteiger partial charge in [-0.15, -0.1) is 0 Å². The Morgan fingerprint density at radius 1 is 1.30 bits per heavy atom. The maximum absolute atomic E-state index is 12.1. The van der Waals surface area contributed by atoms with E-state index in [0.717, 1.165) is 0 Å². The van der Waals surface area contributed by atoms with E-state index in [0.29, 0.717) is 23.1 Å². The van der Waals surface area contributed by atoms with E-state index in [-0.39, 0.29) is 18.2 Å². The largest absolute Gasteiger partial charge is 0.454 e. The summed E-state index contributed by atoms with van der Waals surface area (Å²) >= 11 is 0. The number of aryl methyl sites for hydroxylation is 1. The molecule has 0 atom stereocenters. The minimum atomic E-state index is -3.64. The fourth-order valence-electron chi connectivity index (χ4n) is 1.79. The Balaban J connectivity index is 1.78. The first-order valence-electron chi connectivity index (χ1n) is 5.85. The normalized spacial score (nSPS) is 13.7. The molecule has 8 heteroatoms. The van der Waals surface area contributed by atoms with Gasteiger partial charge in [0, 0.05) is 13.0 Å². The van der Waals surface area contributed by atoms with Gasteiger partial charge in [0.15, 0.2) is 17.4 Å². The zero-order valence-electron chi connectivity index (χ0n) is 10.6. The highest BCUT2D eigenvalue weighted by Gasteiger charge is 2.20. The number of nitrogens with zero attached hydrogens (tertiary/aromatic N) is 1. The van der Waals surface area contributed by atoms with Gasteiger partial charge >= 0.3 is 0 Å². The van der Waals surface area contributed by atoms with Crippen molar-refractivity contribution in [3.63, 3.8) is 0 Å². The minimum Gasteiger partial charge on any atom is -0.454 e. The van der Waals surface area contributed by atoms with Crippen LogP contribution in [0.4, 0.5) is 0 Å². The fraction of sp³-hybridized carbons (Fsp3) is 0.250. The van der Waals surface area contributed by atoms with Crippen LogP contribution in [0.5, 0.6) is 11.5 Å². The highest BCUT2D eigenvalue weighted by molar-refractivity contribution is 7.89. The molecule has 0 unspecified atom stereocenters. The molecule has 1 aliphatic heterocycles. The van der Waals surface area contributed by atoms with Crippen LogP contribution in [0, 0.1) is 6.92 Å². The van der Waals surface area contributed by atoms with Crippen molar-refractivity contribution in [3.8, 4) is 11.5 Å². The van der Waals surface area contributed by atoms with E-state index in [2.05, 4.69) is 9.71 Å². The second-order valence-electron chi connectivity index (χ2n) is 4.20. The zero-order chi connectivity index (χ0) is 14.2. The van der Waals surface area contributed by atoms with Gasteiger partial charge in [-0.2, -0.15) is 0 Å². The van der Waals surface area contributed by atoms with Crippen LogP contribution in [0.15, 0.2) is 33.8 Å². The van der Waals surface area contributed by atoms with E-state index in [1.165, 1.54) is 18.4 Å². The van der Waals surface area contributed by atoms with E-state index in [4.69, 9.17) is 13.9 Å². The molecule has 0 spiro atoms. The third-order valence-corrected chi connectivity index (χ3v) is 4.16. The van der Waals surface area contributed by atoms with Gasteiger partial charge < -0.3 is 13.9 Å². The summed E-state index contributed by atoms with van der Waals surface area (Å²) in [6.07, 6.45) is 1.41. The Morgan fingerprint density at radius 2 is 2.10 bits per heavy atom. The number of rotatable bonds is 4. The highest BCUT2D eigenvalue weighted by Crippen LogP contribution is 2.33. The Labute approximate surface area is 115 Å². The van der Waals surface area contributed by atoms with E-state index >= 15 is 0 Å². The number of fused-ring (bicyclic) bond motifs is 1. The number of ether oxygens (including phenoxy) is 2. The van der Waals surface area contributed by atoms with Crippen molar-refractivity contribution in [2.75, 3.05) is 6.79 Å². The number of sulfonamides is 1. The molecule has 0 aliphatic carbocycles. The molecule has 3 rings (SSSR count). The summed E-state index contributed by atoms with van der Waals surface area (Å²) in [5.41, 5.74) is 0.520. The average Bonchev–Trinajstić information content (AvgIpc) is 3.04.